The van der Waals surface area contributed by atoms with Crippen molar-refractivity contribution in [3.05, 3.63) is 212 Å². The second kappa shape index (κ2) is 19.7. The number of ether oxygens (including phenoxy) is 1. The highest BCUT2D eigenvalue weighted by molar-refractivity contribution is 6.10. The van der Waals surface area contributed by atoms with Crippen molar-refractivity contribution in [2.75, 3.05) is 10.6 Å². The van der Waals surface area contributed by atoms with Crippen LogP contribution in [-0.2, 0) is 19.0 Å². The summed E-state index contributed by atoms with van der Waals surface area (Å²) < 4.78 is 82.7. The number of alkyl halides is 6. The average Bonchev–Trinajstić information content (AvgIpc) is 3.29. The molecule has 18 heteroatoms. The largest absolute Gasteiger partial charge is 0.508 e. The van der Waals surface area contributed by atoms with Gasteiger partial charge in [0.2, 0.25) is 0 Å². The van der Waals surface area contributed by atoms with E-state index in [0.29, 0.717) is 22.3 Å². The molecule has 0 atom stereocenters. The number of nitro benzene ring substituents is 2. The van der Waals surface area contributed by atoms with E-state index in [1.807, 2.05) is 30.3 Å². The third-order valence-electron chi connectivity index (χ3n) is 9.48. The van der Waals surface area contributed by atoms with Crippen molar-refractivity contribution in [2.45, 2.75) is 19.0 Å². The van der Waals surface area contributed by atoms with Crippen molar-refractivity contribution in [1.29, 1.82) is 0 Å². The molecule has 0 saturated carbocycles. The minimum Gasteiger partial charge on any atom is -0.508 e. The summed E-state index contributed by atoms with van der Waals surface area (Å²) in [7, 11) is 0. The predicted octanol–water partition coefficient (Wildman–Crippen LogP) is 12.4. The number of phenolic OH excluding ortho intramolecular Hbond substituents is 1. The summed E-state index contributed by atoms with van der Waals surface area (Å²) in [5, 5.41) is 37.2. The first-order valence-corrected chi connectivity index (χ1v) is 19.0. The molecule has 0 aromatic heterocycles. The van der Waals surface area contributed by atoms with Gasteiger partial charge in [0.05, 0.1) is 33.1 Å². The molecule has 7 aromatic carbocycles. The monoisotopic (exact) mass is 894 g/mol. The number of nitro groups is 2. The van der Waals surface area contributed by atoms with Crippen LogP contribution in [0, 0.1) is 20.2 Å². The Kier molecular flexibility index (Phi) is 13.9. The van der Waals surface area contributed by atoms with Gasteiger partial charge < -0.3 is 20.5 Å². The van der Waals surface area contributed by atoms with Crippen molar-refractivity contribution >= 4 is 34.6 Å². The molecule has 12 nitrogen and oxygen atoms in total. The zero-order valence-corrected chi connectivity index (χ0v) is 33.3. The number of aromatic hydroxyl groups is 1. The van der Waals surface area contributed by atoms with Crippen LogP contribution in [0.1, 0.15) is 37.4 Å². The van der Waals surface area contributed by atoms with Crippen LogP contribution in [0.5, 0.6) is 11.5 Å². The first-order chi connectivity index (χ1) is 30.9. The molecule has 65 heavy (non-hydrogen) atoms. The van der Waals surface area contributed by atoms with Gasteiger partial charge in [-0.3, -0.25) is 29.8 Å². The number of hydrogen-bond donors (Lipinski definition) is 3. The number of carbonyl (C=O) groups is 2. The molecule has 7 rings (SSSR count). The lowest BCUT2D eigenvalue weighted by atomic mass is 9.98. The van der Waals surface area contributed by atoms with Crippen LogP contribution in [-0.4, -0.2) is 26.8 Å². The topological polar surface area (TPSA) is 174 Å². The standard InChI is InChI=1S/C27H19F3N2O4.C20H13F3N2O4/c28-27(29,30)20-12-10-19(11-13-20)22-8-4-5-9-23(22)26(33)31-24-15-14-21(16-25(24)32(34)35)36-17-18-6-2-1-3-7-18;21-20(22,23)13-7-5-12(6-8-13)15-3-1-2-4-16(15)19(27)24-17-10-9-14(26)11-18(17)25(28)29/h1-16H,17H2,(H,31,33);1-11,26H,(H,24,27). The zero-order chi connectivity index (χ0) is 46.9. The van der Waals surface area contributed by atoms with Gasteiger partial charge in [0.1, 0.15) is 29.5 Å². The van der Waals surface area contributed by atoms with Gasteiger partial charge in [-0.1, -0.05) is 91.0 Å². The number of halogens is 6. The zero-order valence-electron chi connectivity index (χ0n) is 33.3. The Hall–Kier alpha value is -8.54. The van der Waals surface area contributed by atoms with Crippen molar-refractivity contribution < 1.29 is 55.6 Å². The van der Waals surface area contributed by atoms with E-state index in [1.165, 1.54) is 66.7 Å². The van der Waals surface area contributed by atoms with E-state index in [2.05, 4.69) is 10.6 Å². The number of carbonyl (C=O) groups excluding carboxylic acids is 2. The molecule has 2 amide bonds. The van der Waals surface area contributed by atoms with Gasteiger partial charge in [0, 0.05) is 11.1 Å². The Balaban J connectivity index is 0.000000221. The van der Waals surface area contributed by atoms with E-state index in [1.54, 1.807) is 36.4 Å². The maximum Gasteiger partial charge on any atom is 0.416 e. The van der Waals surface area contributed by atoms with Crippen LogP contribution in [0.2, 0.25) is 0 Å². The molecule has 0 heterocycles. The lowest BCUT2D eigenvalue weighted by Crippen LogP contribution is -2.14. The molecule has 0 bridgehead atoms. The highest BCUT2D eigenvalue weighted by Gasteiger charge is 2.31. The van der Waals surface area contributed by atoms with Crippen LogP contribution in [0.25, 0.3) is 22.3 Å². The maximum atomic E-state index is 13.1. The summed E-state index contributed by atoms with van der Waals surface area (Å²) in [5.41, 5.74) is 0.0288. The van der Waals surface area contributed by atoms with Crippen LogP contribution in [0.15, 0.2) is 164 Å². The molecule has 330 valence electrons. The third kappa shape index (κ3) is 11.7. The molecule has 0 fully saturated rings. The van der Waals surface area contributed by atoms with E-state index in [-0.39, 0.29) is 46.3 Å². The lowest BCUT2D eigenvalue weighted by molar-refractivity contribution is -0.384. The third-order valence-corrected chi connectivity index (χ3v) is 9.48. The summed E-state index contributed by atoms with van der Waals surface area (Å²) in [5.74, 6) is -1.41. The highest BCUT2D eigenvalue weighted by Crippen LogP contribution is 2.36. The molecule has 0 spiro atoms. The minimum atomic E-state index is -4.48. The van der Waals surface area contributed by atoms with E-state index in [9.17, 15) is 61.3 Å². The Morgan fingerprint density at radius 1 is 0.538 bits per heavy atom. The number of rotatable bonds is 11. The van der Waals surface area contributed by atoms with E-state index >= 15 is 0 Å². The second-order valence-electron chi connectivity index (χ2n) is 13.8. The van der Waals surface area contributed by atoms with Gasteiger partial charge in [0.25, 0.3) is 23.2 Å². The van der Waals surface area contributed by atoms with Crippen LogP contribution >= 0.6 is 0 Å². The fourth-order valence-electron chi connectivity index (χ4n) is 6.30. The molecular weight excluding hydrogens is 863 g/mol. The molecule has 0 radical (unpaired) electrons. The lowest BCUT2D eigenvalue weighted by Gasteiger charge is -2.13. The molecule has 0 aliphatic heterocycles. The Labute approximate surface area is 364 Å². The van der Waals surface area contributed by atoms with Crippen molar-refractivity contribution in [1.82, 2.24) is 0 Å². The summed E-state index contributed by atoms with van der Waals surface area (Å²) in [6.07, 6.45) is -8.96. The maximum absolute atomic E-state index is 13.1. The minimum absolute atomic E-state index is 0.0423. The van der Waals surface area contributed by atoms with Crippen molar-refractivity contribution in [3.63, 3.8) is 0 Å². The molecule has 0 aliphatic carbocycles. The van der Waals surface area contributed by atoms with E-state index < -0.39 is 50.8 Å². The molecule has 0 saturated heterocycles. The first kappa shape index (κ1) is 46.0. The first-order valence-electron chi connectivity index (χ1n) is 19.0. The number of anilines is 2. The SMILES string of the molecule is O=C(Nc1ccc(O)cc1[N+](=O)[O-])c1ccccc1-c1ccc(C(F)(F)F)cc1.O=C(Nc1ccc(OCc2ccccc2)cc1[N+](=O)[O-])c1ccccc1-c1ccc(C(F)(F)F)cc1. The van der Waals surface area contributed by atoms with Gasteiger partial charge >= 0.3 is 12.4 Å². The molecule has 3 N–H and O–H groups in total. The van der Waals surface area contributed by atoms with Gasteiger partial charge in [-0.05, 0) is 88.5 Å². The Morgan fingerprint density at radius 3 is 1.40 bits per heavy atom. The summed E-state index contributed by atoms with van der Waals surface area (Å²) >= 11 is 0. The summed E-state index contributed by atoms with van der Waals surface area (Å²) in [6, 6.07) is 37.9. The highest BCUT2D eigenvalue weighted by atomic mass is 19.4. The van der Waals surface area contributed by atoms with Gasteiger partial charge in [0.15, 0.2) is 0 Å². The number of amides is 2. The van der Waals surface area contributed by atoms with Gasteiger partial charge in [-0.15, -0.1) is 0 Å². The van der Waals surface area contributed by atoms with Crippen molar-refractivity contribution in [2.24, 2.45) is 0 Å². The van der Waals surface area contributed by atoms with E-state index in [4.69, 9.17) is 4.74 Å². The summed E-state index contributed by atoms with van der Waals surface area (Å²) in [4.78, 5) is 47.2. The second-order valence-corrected chi connectivity index (χ2v) is 13.8. The molecule has 0 unspecified atom stereocenters. The fraction of sp³-hybridized carbons (Fsp3) is 0.0638. The quantitative estimate of drug-likeness (QED) is 0.0498. The number of benzene rings is 7. The Bertz CT molecular complexity index is 2860. The van der Waals surface area contributed by atoms with Gasteiger partial charge in [-0.2, -0.15) is 26.3 Å². The number of nitrogens with zero attached hydrogens (tertiary/aromatic N) is 2. The number of hydrogen-bond acceptors (Lipinski definition) is 8. The molecule has 7 aromatic rings. The normalized spacial score (nSPS) is 11.1. The van der Waals surface area contributed by atoms with Crippen LogP contribution < -0.4 is 15.4 Å². The number of nitrogens with one attached hydrogen (secondary N) is 2. The van der Waals surface area contributed by atoms with Gasteiger partial charge in [-0.25, -0.2) is 0 Å². The average molecular weight is 895 g/mol. The van der Waals surface area contributed by atoms with Crippen LogP contribution in [0.3, 0.4) is 0 Å². The van der Waals surface area contributed by atoms with Crippen molar-refractivity contribution in [3.8, 4) is 33.8 Å². The summed E-state index contributed by atoms with van der Waals surface area (Å²) in [6.45, 7) is 0.213. The number of phenols is 1. The molecular formula is C47H32F6N4O8. The smallest absolute Gasteiger partial charge is 0.416 e. The fourth-order valence-corrected chi connectivity index (χ4v) is 6.30. The van der Waals surface area contributed by atoms with Crippen LogP contribution in [0.4, 0.5) is 49.1 Å². The predicted molar refractivity (Wildman–Crippen MR) is 228 cm³/mol. The Morgan fingerprint density at radius 2 is 0.954 bits per heavy atom. The molecule has 0 aliphatic rings. The van der Waals surface area contributed by atoms with E-state index in [0.717, 1.165) is 35.9 Å².